The molecule has 1 spiro atoms. The van der Waals surface area contributed by atoms with Crippen molar-refractivity contribution in [1.29, 1.82) is 0 Å². The van der Waals surface area contributed by atoms with Crippen LogP contribution in [0.5, 0.6) is 11.5 Å². The van der Waals surface area contributed by atoms with Crippen LogP contribution in [0.3, 0.4) is 0 Å². The number of aryl methyl sites for hydroxylation is 2. The van der Waals surface area contributed by atoms with Crippen LogP contribution in [0, 0.1) is 13.8 Å². The number of Topliss-reactive ketones (excluding diaryl/α,β-unsaturated/α-hetero) is 1. The average Bonchev–Trinajstić information content (AvgIpc) is 2.71. The SMILES string of the molecule is Cc1cc2c(cc1C)C(=O)CC1(CCN(C(=O)CCOc3ccccc3Cl)CC1)O2. The van der Waals surface area contributed by atoms with Crippen molar-refractivity contribution in [2.45, 2.75) is 45.1 Å². The molecule has 2 heterocycles. The van der Waals surface area contributed by atoms with E-state index in [1.54, 1.807) is 12.1 Å². The molecule has 1 fully saturated rings. The standard InChI is InChI=1S/C24H26ClNO4/c1-16-13-18-20(27)15-24(30-22(18)14-17(16)2)8-10-26(11-9-24)23(28)7-12-29-21-6-4-3-5-19(21)25/h3-6,13-14H,7-12,15H2,1-2H3. The van der Waals surface area contributed by atoms with Crippen molar-refractivity contribution in [2.75, 3.05) is 19.7 Å². The van der Waals surface area contributed by atoms with Gasteiger partial charge in [0.2, 0.25) is 5.91 Å². The third kappa shape index (κ3) is 4.17. The number of carbonyl (C=O) groups is 2. The molecule has 0 N–H and O–H groups in total. The minimum atomic E-state index is -0.503. The largest absolute Gasteiger partial charge is 0.491 e. The van der Waals surface area contributed by atoms with Crippen molar-refractivity contribution >= 4 is 23.3 Å². The second kappa shape index (κ2) is 8.31. The van der Waals surface area contributed by atoms with Crippen LogP contribution >= 0.6 is 11.6 Å². The lowest BCUT2D eigenvalue weighted by Crippen LogP contribution is -2.52. The molecule has 158 valence electrons. The molecular formula is C24H26ClNO4. The monoisotopic (exact) mass is 427 g/mol. The number of halogens is 1. The molecule has 2 aliphatic heterocycles. The molecule has 2 aliphatic rings. The number of ether oxygens (including phenoxy) is 2. The number of benzene rings is 2. The fraction of sp³-hybridized carbons (Fsp3) is 0.417. The summed E-state index contributed by atoms with van der Waals surface area (Å²) in [6.07, 6.45) is 1.98. The van der Waals surface area contributed by atoms with Gasteiger partial charge in [0.1, 0.15) is 17.1 Å². The molecule has 1 saturated heterocycles. The molecule has 0 bridgehead atoms. The number of carbonyl (C=O) groups excluding carboxylic acids is 2. The number of nitrogens with zero attached hydrogens (tertiary/aromatic N) is 1. The summed E-state index contributed by atoms with van der Waals surface area (Å²) in [5, 5.41) is 0.537. The molecule has 2 aromatic carbocycles. The van der Waals surface area contributed by atoms with E-state index in [1.807, 2.05) is 43.0 Å². The van der Waals surface area contributed by atoms with Crippen LogP contribution in [0.15, 0.2) is 36.4 Å². The molecule has 5 nitrogen and oxygen atoms in total. The van der Waals surface area contributed by atoms with E-state index in [0.717, 1.165) is 11.1 Å². The molecule has 4 rings (SSSR count). The van der Waals surface area contributed by atoms with Crippen LogP contribution in [0.25, 0.3) is 0 Å². The second-order valence-corrected chi connectivity index (χ2v) is 8.63. The smallest absolute Gasteiger partial charge is 0.226 e. The summed E-state index contributed by atoms with van der Waals surface area (Å²) in [5.41, 5.74) is 2.39. The van der Waals surface area contributed by atoms with Crippen LogP contribution in [0.1, 0.15) is 47.2 Å². The van der Waals surface area contributed by atoms with Gasteiger partial charge in [-0.05, 0) is 49.2 Å². The van der Waals surface area contributed by atoms with E-state index in [9.17, 15) is 9.59 Å². The summed E-state index contributed by atoms with van der Waals surface area (Å²) in [5.74, 6) is 1.45. The van der Waals surface area contributed by atoms with Gasteiger partial charge in [0.15, 0.2) is 5.78 Å². The van der Waals surface area contributed by atoms with E-state index in [2.05, 4.69) is 0 Å². The highest BCUT2D eigenvalue weighted by molar-refractivity contribution is 6.32. The zero-order chi connectivity index (χ0) is 21.3. The molecule has 0 atom stereocenters. The molecule has 0 unspecified atom stereocenters. The quantitative estimate of drug-likeness (QED) is 0.706. The molecule has 0 aromatic heterocycles. The van der Waals surface area contributed by atoms with E-state index < -0.39 is 5.60 Å². The van der Waals surface area contributed by atoms with E-state index >= 15 is 0 Å². The summed E-state index contributed by atoms with van der Waals surface area (Å²) in [7, 11) is 0. The first-order chi connectivity index (χ1) is 14.4. The lowest BCUT2D eigenvalue weighted by molar-refractivity contribution is -0.135. The topological polar surface area (TPSA) is 55.8 Å². The van der Waals surface area contributed by atoms with Crippen molar-refractivity contribution in [3.63, 3.8) is 0 Å². The average molecular weight is 428 g/mol. The molecule has 6 heteroatoms. The van der Waals surface area contributed by atoms with Crippen LogP contribution in [0.4, 0.5) is 0 Å². The molecule has 0 aliphatic carbocycles. The van der Waals surface area contributed by atoms with Crippen molar-refractivity contribution in [1.82, 2.24) is 4.90 Å². The van der Waals surface area contributed by atoms with Crippen LogP contribution in [0.2, 0.25) is 5.02 Å². The van der Waals surface area contributed by atoms with Gasteiger partial charge in [0, 0.05) is 25.9 Å². The zero-order valence-electron chi connectivity index (χ0n) is 17.4. The van der Waals surface area contributed by atoms with Crippen molar-refractivity contribution in [3.05, 3.63) is 58.1 Å². The zero-order valence-corrected chi connectivity index (χ0v) is 18.1. The Kier molecular flexibility index (Phi) is 5.74. The van der Waals surface area contributed by atoms with Gasteiger partial charge in [-0.3, -0.25) is 9.59 Å². The molecule has 0 saturated carbocycles. The second-order valence-electron chi connectivity index (χ2n) is 8.23. The Morgan fingerprint density at radius 3 is 2.60 bits per heavy atom. The van der Waals surface area contributed by atoms with Gasteiger partial charge in [-0.2, -0.15) is 0 Å². The fourth-order valence-corrected chi connectivity index (χ4v) is 4.35. The van der Waals surface area contributed by atoms with Crippen LogP contribution < -0.4 is 9.47 Å². The third-order valence-electron chi connectivity index (χ3n) is 6.14. The number of fused-ring (bicyclic) bond motifs is 1. The number of likely N-dealkylation sites (tertiary alicyclic amines) is 1. The molecule has 1 amide bonds. The minimum absolute atomic E-state index is 0.0471. The maximum Gasteiger partial charge on any atom is 0.226 e. The number of ketones is 1. The highest BCUT2D eigenvalue weighted by atomic mass is 35.5. The van der Waals surface area contributed by atoms with Crippen molar-refractivity contribution < 1.29 is 19.1 Å². The Labute approximate surface area is 181 Å². The van der Waals surface area contributed by atoms with Crippen LogP contribution in [-0.4, -0.2) is 41.9 Å². The Bertz CT molecular complexity index is 979. The normalized spacial score (nSPS) is 17.4. The predicted octanol–water partition coefficient (Wildman–Crippen LogP) is 4.75. The van der Waals surface area contributed by atoms with Gasteiger partial charge in [-0.15, -0.1) is 0 Å². The van der Waals surface area contributed by atoms with Gasteiger partial charge in [0.25, 0.3) is 0 Å². The summed E-state index contributed by atoms with van der Waals surface area (Å²) in [4.78, 5) is 27.2. The van der Waals surface area contributed by atoms with Gasteiger partial charge in [-0.1, -0.05) is 23.7 Å². The Morgan fingerprint density at radius 1 is 1.17 bits per heavy atom. The molecule has 30 heavy (non-hydrogen) atoms. The van der Waals surface area contributed by atoms with Gasteiger partial charge >= 0.3 is 0 Å². The highest BCUT2D eigenvalue weighted by Gasteiger charge is 2.43. The van der Waals surface area contributed by atoms with E-state index in [-0.39, 0.29) is 18.3 Å². The lowest BCUT2D eigenvalue weighted by Gasteiger charge is -2.44. The first kappa shape index (κ1) is 20.7. The Hall–Kier alpha value is -2.53. The third-order valence-corrected chi connectivity index (χ3v) is 6.46. The summed E-state index contributed by atoms with van der Waals surface area (Å²) in [6, 6.07) is 11.1. The Balaban J connectivity index is 1.33. The first-order valence-electron chi connectivity index (χ1n) is 10.4. The Morgan fingerprint density at radius 2 is 1.87 bits per heavy atom. The minimum Gasteiger partial charge on any atom is -0.491 e. The van der Waals surface area contributed by atoms with E-state index in [0.29, 0.717) is 60.9 Å². The lowest BCUT2D eigenvalue weighted by atomic mass is 9.82. The number of hydrogen-bond acceptors (Lipinski definition) is 4. The van der Waals surface area contributed by atoms with Gasteiger partial charge < -0.3 is 14.4 Å². The number of para-hydroxylation sites is 1. The number of piperidine rings is 1. The molecular weight excluding hydrogens is 402 g/mol. The van der Waals surface area contributed by atoms with Gasteiger partial charge in [-0.25, -0.2) is 0 Å². The van der Waals surface area contributed by atoms with E-state index in [1.165, 1.54) is 0 Å². The number of rotatable bonds is 4. The van der Waals surface area contributed by atoms with Crippen molar-refractivity contribution in [3.8, 4) is 11.5 Å². The first-order valence-corrected chi connectivity index (χ1v) is 10.7. The van der Waals surface area contributed by atoms with Gasteiger partial charge in [0.05, 0.1) is 30.0 Å². The number of hydrogen-bond donors (Lipinski definition) is 0. The highest BCUT2D eigenvalue weighted by Crippen LogP contribution is 2.40. The predicted molar refractivity (Wildman–Crippen MR) is 116 cm³/mol. The number of amides is 1. The fourth-order valence-electron chi connectivity index (χ4n) is 4.16. The van der Waals surface area contributed by atoms with Crippen molar-refractivity contribution in [2.24, 2.45) is 0 Å². The molecule has 2 aromatic rings. The maximum absolute atomic E-state index is 12.8. The maximum atomic E-state index is 12.8. The molecule has 0 radical (unpaired) electrons. The summed E-state index contributed by atoms with van der Waals surface area (Å²) in [6.45, 7) is 5.48. The van der Waals surface area contributed by atoms with Crippen LogP contribution in [-0.2, 0) is 4.79 Å². The van der Waals surface area contributed by atoms with E-state index in [4.69, 9.17) is 21.1 Å². The summed E-state index contributed by atoms with van der Waals surface area (Å²) < 4.78 is 12.0. The summed E-state index contributed by atoms with van der Waals surface area (Å²) >= 11 is 6.08.